The second kappa shape index (κ2) is 8.23. The lowest BCUT2D eigenvalue weighted by atomic mass is 9.99. The van der Waals surface area contributed by atoms with E-state index < -0.39 is 18.0 Å². The molecule has 0 spiro atoms. The minimum absolute atomic E-state index is 0.0486. The van der Waals surface area contributed by atoms with Gasteiger partial charge in [-0.15, -0.1) is 0 Å². The molecule has 2 N–H and O–H groups in total. The Morgan fingerprint density at radius 3 is 2.76 bits per heavy atom. The quantitative estimate of drug-likeness (QED) is 0.712. The first kappa shape index (κ1) is 20.8. The molecule has 0 saturated carbocycles. The molecule has 1 aromatic rings. The van der Waals surface area contributed by atoms with Crippen LogP contribution in [0.2, 0.25) is 0 Å². The molecule has 2 aliphatic heterocycles. The highest BCUT2D eigenvalue weighted by molar-refractivity contribution is 6.05. The number of benzene rings is 1. The molecule has 0 radical (unpaired) electrons. The van der Waals surface area contributed by atoms with Crippen LogP contribution >= 0.6 is 0 Å². The maximum absolute atomic E-state index is 12.8. The Morgan fingerprint density at radius 2 is 2.07 bits per heavy atom. The third-order valence-electron chi connectivity index (χ3n) is 5.28. The molecule has 2 aliphatic rings. The van der Waals surface area contributed by atoms with Gasteiger partial charge in [-0.3, -0.25) is 19.7 Å². The molecule has 2 heterocycles. The number of rotatable bonds is 6. The summed E-state index contributed by atoms with van der Waals surface area (Å²) in [5.41, 5.74) is 1.67. The molecule has 1 unspecified atom stereocenters. The molecule has 0 bridgehead atoms. The minimum Gasteiger partial charge on any atom is -0.445 e. The molecular weight excluding hydrogens is 374 g/mol. The van der Waals surface area contributed by atoms with Crippen molar-refractivity contribution in [1.82, 2.24) is 15.5 Å². The van der Waals surface area contributed by atoms with Crippen LogP contribution in [0.4, 0.5) is 4.79 Å². The topological polar surface area (TPSA) is 105 Å². The van der Waals surface area contributed by atoms with Crippen molar-refractivity contribution in [2.75, 3.05) is 0 Å². The maximum Gasteiger partial charge on any atom is 0.407 e. The lowest BCUT2D eigenvalue weighted by Gasteiger charge is -2.29. The molecule has 1 aromatic carbocycles. The third-order valence-corrected chi connectivity index (χ3v) is 5.28. The van der Waals surface area contributed by atoms with Crippen molar-refractivity contribution in [3.05, 3.63) is 34.9 Å². The Bertz CT molecular complexity index is 849. The molecule has 4 amide bonds. The number of hydrogen-bond acceptors (Lipinski definition) is 5. The summed E-state index contributed by atoms with van der Waals surface area (Å²) < 4.78 is 5.30. The van der Waals surface area contributed by atoms with Gasteiger partial charge in [0.1, 0.15) is 12.6 Å². The van der Waals surface area contributed by atoms with Crippen LogP contribution in [0.3, 0.4) is 0 Å². The number of hydrogen-bond donors (Lipinski definition) is 2. The van der Waals surface area contributed by atoms with Gasteiger partial charge in [-0.05, 0) is 43.9 Å². The third kappa shape index (κ3) is 4.75. The lowest BCUT2D eigenvalue weighted by molar-refractivity contribution is -0.136. The molecule has 1 atom stereocenters. The fourth-order valence-corrected chi connectivity index (χ4v) is 3.84. The van der Waals surface area contributed by atoms with Gasteiger partial charge in [0.25, 0.3) is 5.91 Å². The molecule has 8 nitrogen and oxygen atoms in total. The molecule has 29 heavy (non-hydrogen) atoms. The van der Waals surface area contributed by atoms with Crippen LogP contribution in [0.5, 0.6) is 0 Å². The van der Waals surface area contributed by atoms with E-state index >= 15 is 0 Å². The van der Waals surface area contributed by atoms with Gasteiger partial charge in [-0.25, -0.2) is 4.79 Å². The highest BCUT2D eigenvalue weighted by Gasteiger charge is 2.39. The highest BCUT2D eigenvalue weighted by atomic mass is 16.5. The van der Waals surface area contributed by atoms with Crippen molar-refractivity contribution in [3.8, 4) is 0 Å². The summed E-state index contributed by atoms with van der Waals surface area (Å²) in [4.78, 5) is 49.8. The van der Waals surface area contributed by atoms with Gasteiger partial charge in [-0.1, -0.05) is 25.5 Å². The predicted octanol–water partition coefficient (Wildman–Crippen LogP) is 2.25. The van der Waals surface area contributed by atoms with Crippen LogP contribution in [0.15, 0.2) is 18.2 Å². The largest absolute Gasteiger partial charge is 0.445 e. The summed E-state index contributed by atoms with van der Waals surface area (Å²) in [7, 11) is 0. The Morgan fingerprint density at radius 1 is 1.31 bits per heavy atom. The number of alkyl carbamates (subject to hydrolysis) is 1. The smallest absolute Gasteiger partial charge is 0.407 e. The number of piperidine rings is 1. The van der Waals surface area contributed by atoms with Gasteiger partial charge in [0.15, 0.2) is 0 Å². The van der Waals surface area contributed by atoms with Crippen LogP contribution in [-0.2, 0) is 27.5 Å². The summed E-state index contributed by atoms with van der Waals surface area (Å²) in [6, 6.07) is 4.69. The van der Waals surface area contributed by atoms with Gasteiger partial charge in [0, 0.05) is 24.1 Å². The number of carbonyl (C=O) groups is 4. The van der Waals surface area contributed by atoms with E-state index in [0.717, 1.165) is 18.4 Å². The van der Waals surface area contributed by atoms with Crippen LogP contribution < -0.4 is 10.6 Å². The zero-order valence-corrected chi connectivity index (χ0v) is 17.0. The van der Waals surface area contributed by atoms with Crippen LogP contribution in [0.1, 0.15) is 67.9 Å². The molecule has 8 heteroatoms. The van der Waals surface area contributed by atoms with E-state index in [2.05, 4.69) is 17.6 Å². The predicted molar refractivity (Wildman–Crippen MR) is 105 cm³/mol. The average molecular weight is 401 g/mol. The first-order valence-corrected chi connectivity index (χ1v) is 9.91. The molecule has 0 aliphatic carbocycles. The zero-order chi connectivity index (χ0) is 21.2. The Balaban J connectivity index is 1.62. The Kier molecular flexibility index (Phi) is 5.91. The standard InChI is InChI=1S/C21H27N3O5/c1-4-9-21(2,3)23-20(28)29-12-13-5-6-14-11-24(19(27)15(14)10-13)16-7-8-17(25)22-18(16)26/h5-6,10,16H,4,7-9,11-12H2,1-3H3,(H,23,28)(H,22,25,26). The van der Waals surface area contributed by atoms with Crippen LogP contribution in [-0.4, -0.2) is 40.3 Å². The fraction of sp³-hybridized carbons (Fsp3) is 0.524. The van der Waals surface area contributed by atoms with Gasteiger partial charge >= 0.3 is 6.09 Å². The maximum atomic E-state index is 12.8. The van der Waals surface area contributed by atoms with E-state index in [0.29, 0.717) is 24.1 Å². The first-order chi connectivity index (χ1) is 13.7. The summed E-state index contributed by atoms with van der Waals surface area (Å²) in [6.45, 7) is 6.31. The van der Waals surface area contributed by atoms with Gasteiger partial charge in [-0.2, -0.15) is 0 Å². The number of fused-ring (bicyclic) bond motifs is 1. The van der Waals surface area contributed by atoms with Gasteiger partial charge in [0.05, 0.1) is 0 Å². The monoisotopic (exact) mass is 401 g/mol. The fourth-order valence-electron chi connectivity index (χ4n) is 3.84. The highest BCUT2D eigenvalue weighted by Crippen LogP contribution is 2.28. The number of imide groups is 1. The van der Waals surface area contributed by atoms with E-state index in [9.17, 15) is 19.2 Å². The average Bonchev–Trinajstić information content (AvgIpc) is 2.96. The number of amides is 4. The Hall–Kier alpha value is -2.90. The molecule has 156 valence electrons. The van der Waals surface area contributed by atoms with Crippen molar-refractivity contribution < 1.29 is 23.9 Å². The number of nitrogens with zero attached hydrogens (tertiary/aromatic N) is 1. The number of nitrogens with one attached hydrogen (secondary N) is 2. The zero-order valence-electron chi connectivity index (χ0n) is 17.0. The van der Waals surface area contributed by atoms with E-state index in [1.807, 2.05) is 26.0 Å². The molecular formula is C21H27N3O5. The molecule has 1 fully saturated rings. The SMILES string of the molecule is CCCC(C)(C)NC(=O)OCc1ccc2c(c1)C(=O)N(C1CCC(=O)NC1=O)C2. The second-order valence-corrected chi connectivity index (χ2v) is 8.23. The summed E-state index contributed by atoms with van der Waals surface area (Å²) >= 11 is 0. The van der Waals surface area contributed by atoms with Crippen LogP contribution in [0, 0.1) is 0 Å². The summed E-state index contributed by atoms with van der Waals surface area (Å²) in [6.07, 6.45) is 1.84. The summed E-state index contributed by atoms with van der Waals surface area (Å²) in [5.74, 6) is -0.988. The van der Waals surface area contributed by atoms with Crippen molar-refractivity contribution in [2.24, 2.45) is 0 Å². The number of carbonyl (C=O) groups excluding carboxylic acids is 4. The van der Waals surface area contributed by atoms with E-state index in [-0.39, 0.29) is 30.4 Å². The van der Waals surface area contributed by atoms with Gasteiger partial charge in [0.2, 0.25) is 11.8 Å². The molecule has 3 rings (SSSR count). The van der Waals surface area contributed by atoms with Crippen LogP contribution in [0.25, 0.3) is 0 Å². The van der Waals surface area contributed by atoms with Crippen molar-refractivity contribution >= 4 is 23.8 Å². The normalized spacial score (nSPS) is 19.1. The number of ether oxygens (including phenoxy) is 1. The minimum atomic E-state index is -0.640. The first-order valence-electron chi connectivity index (χ1n) is 9.91. The molecule has 0 aromatic heterocycles. The van der Waals surface area contributed by atoms with E-state index in [4.69, 9.17) is 4.74 Å². The lowest BCUT2D eigenvalue weighted by Crippen LogP contribution is -2.52. The van der Waals surface area contributed by atoms with Crippen molar-refractivity contribution in [1.29, 1.82) is 0 Å². The van der Waals surface area contributed by atoms with E-state index in [1.54, 1.807) is 6.07 Å². The van der Waals surface area contributed by atoms with Gasteiger partial charge < -0.3 is 15.0 Å². The van der Waals surface area contributed by atoms with E-state index in [1.165, 1.54) is 4.90 Å². The molecule has 1 saturated heterocycles. The van der Waals surface area contributed by atoms with Crippen molar-refractivity contribution in [2.45, 2.75) is 71.2 Å². The van der Waals surface area contributed by atoms with Crippen molar-refractivity contribution in [3.63, 3.8) is 0 Å². The summed E-state index contributed by atoms with van der Waals surface area (Å²) in [5, 5.41) is 5.13. The second-order valence-electron chi connectivity index (χ2n) is 8.23. The Labute approximate surface area is 170 Å².